The van der Waals surface area contributed by atoms with E-state index < -0.39 is 0 Å². The summed E-state index contributed by atoms with van der Waals surface area (Å²) < 4.78 is 5.31. The summed E-state index contributed by atoms with van der Waals surface area (Å²) in [4.78, 5) is 29.7. The number of amides is 3. The largest absolute Gasteiger partial charge is 0.496 e. The number of hydrogen-bond donors (Lipinski definition) is 3. The van der Waals surface area contributed by atoms with Crippen LogP contribution in [-0.2, 0) is 0 Å². The molecule has 1 aromatic carbocycles. The predicted molar refractivity (Wildman–Crippen MR) is 133 cm³/mol. The second kappa shape index (κ2) is 11.5. The van der Waals surface area contributed by atoms with Crippen molar-refractivity contribution >= 4 is 29.2 Å². The highest BCUT2D eigenvalue weighted by atomic mass is 35.5. The van der Waals surface area contributed by atoms with Crippen LogP contribution in [0.15, 0.2) is 12.1 Å². The van der Waals surface area contributed by atoms with E-state index in [1.165, 1.54) is 7.11 Å². The maximum atomic E-state index is 12.8. The number of methoxy groups -OCH3 is 1. The second-order valence-electron chi connectivity index (χ2n) is 9.66. The molecule has 3 heterocycles. The van der Waals surface area contributed by atoms with Crippen LogP contribution >= 0.6 is 11.6 Å². The molecule has 0 bridgehead atoms. The zero-order chi connectivity index (χ0) is 24.1. The van der Waals surface area contributed by atoms with Gasteiger partial charge in [0, 0.05) is 57.9 Å². The smallest absolute Gasteiger partial charge is 0.331 e. The van der Waals surface area contributed by atoms with Gasteiger partial charge < -0.3 is 25.6 Å². The fourth-order valence-electron chi connectivity index (χ4n) is 5.16. The first kappa shape index (κ1) is 24.9. The Bertz CT molecular complexity index is 863. The highest BCUT2D eigenvalue weighted by Gasteiger charge is 2.28. The Morgan fingerprint density at radius 2 is 1.74 bits per heavy atom. The Hall–Kier alpha value is -2.23. The molecule has 3 fully saturated rings. The van der Waals surface area contributed by atoms with Gasteiger partial charge in [-0.25, -0.2) is 9.80 Å². The summed E-state index contributed by atoms with van der Waals surface area (Å²) >= 11 is 6.11. The van der Waals surface area contributed by atoms with Gasteiger partial charge in [0.15, 0.2) is 0 Å². The maximum Gasteiger partial charge on any atom is 0.331 e. The van der Waals surface area contributed by atoms with Gasteiger partial charge in [0.1, 0.15) is 5.75 Å². The van der Waals surface area contributed by atoms with Gasteiger partial charge in [-0.1, -0.05) is 11.6 Å². The summed E-state index contributed by atoms with van der Waals surface area (Å²) in [5, 5.41) is 5.51. The first-order valence-corrected chi connectivity index (χ1v) is 12.8. The number of carbonyl (C=O) groups excluding carboxylic acids is 2. The number of likely N-dealkylation sites (tertiary alicyclic amines) is 2. The Labute approximate surface area is 206 Å². The summed E-state index contributed by atoms with van der Waals surface area (Å²) in [5.74, 6) is 0.859. The molecule has 3 amide bonds. The van der Waals surface area contributed by atoms with Crippen LogP contribution in [0.5, 0.6) is 5.75 Å². The molecule has 0 radical (unpaired) electrons. The minimum absolute atomic E-state index is 0.0518. The van der Waals surface area contributed by atoms with Crippen molar-refractivity contribution in [2.45, 2.75) is 44.6 Å². The average Bonchev–Trinajstić information content (AvgIpc) is 3.35. The zero-order valence-electron chi connectivity index (χ0n) is 20.0. The number of urea groups is 1. The number of nitrogen functional groups attached to an aromatic ring is 1. The molecular weight excluding hydrogens is 456 g/mol. The summed E-state index contributed by atoms with van der Waals surface area (Å²) in [6.07, 6.45) is 6.23. The molecule has 4 N–H and O–H groups in total. The molecule has 34 heavy (non-hydrogen) atoms. The Morgan fingerprint density at radius 3 is 2.38 bits per heavy atom. The van der Waals surface area contributed by atoms with Crippen LogP contribution in [0.4, 0.5) is 10.5 Å². The lowest BCUT2D eigenvalue weighted by molar-refractivity contribution is 0.0887. The number of anilines is 1. The van der Waals surface area contributed by atoms with Crippen LogP contribution in [0, 0.1) is 5.92 Å². The zero-order valence-corrected chi connectivity index (χ0v) is 20.8. The number of nitrogens with one attached hydrogen (secondary N) is 2. The Kier molecular flexibility index (Phi) is 8.39. The molecule has 0 unspecified atom stereocenters. The molecule has 0 saturated carbocycles. The molecule has 3 aliphatic heterocycles. The molecule has 10 heteroatoms. The normalized spacial score (nSPS) is 20.9. The highest BCUT2D eigenvalue weighted by molar-refractivity contribution is 6.33. The van der Waals surface area contributed by atoms with Crippen LogP contribution in [-0.4, -0.2) is 85.7 Å². The van der Waals surface area contributed by atoms with Crippen molar-refractivity contribution in [1.82, 2.24) is 25.6 Å². The van der Waals surface area contributed by atoms with Crippen LogP contribution in [0.3, 0.4) is 0 Å². The number of hydrazine groups is 1. The van der Waals surface area contributed by atoms with Crippen LogP contribution in [0.2, 0.25) is 5.02 Å². The van der Waals surface area contributed by atoms with E-state index in [4.69, 9.17) is 22.1 Å². The van der Waals surface area contributed by atoms with Gasteiger partial charge in [0.05, 0.1) is 23.4 Å². The van der Waals surface area contributed by atoms with Gasteiger partial charge in [-0.05, 0) is 50.5 Å². The summed E-state index contributed by atoms with van der Waals surface area (Å²) in [6, 6.07) is 3.33. The fourth-order valence-corrected chi connectivity index (χ4v) is 5.32. The van der Waals surface area contributed by atoms with E-state index in [9.17, 15) is 9.59 Å². The molecule has 0 spiro atoms. The first-order chi connectivity index (χ1) is 16.4. The van der Waals surface area contributed by atoms with E-state index in [2.05, 4.69) is 15.6 Å². The number of hydrogen-bond acceptors (Lipinski definition) is 6. The van der Waals surface area contributed by atoms with Gasteiger partial charge in [0.25, 0.3) is 5.91 Å². The quantitative estimate of drug-likeness (QED) is 0.527. The van der Waals surface area contributed by atoms with Crippen LogP contribution < -0.4 is 21.2 Å². The van der Waals surface area contributed by atoms with Crippen molar-refractivity contribution in [2.24, 2.45) is 5.92 Å². The second-order valence-corrected chi connectivity index (χ2v) is 10.1. The van der Waals surface area contributed by atoms with Crippen molar-refractivity contribution in [3.05, 3.63) is 22.7 Å². The molecule has 188 valence electrons. The van der Waals surface area contributed by atoms with Crippen LogP contribution in [0.1, 0.15) is 48.9 Å². The maximum absolute atomic E-state index is 12.8. The van der Waals surface area contributed by atoms with Gasteiger partial charge >= 0.3 is 6.03 Å². The lowest BCUT2D eigenvalue weighted by Crippen LogP contribution is -2.51. The number of benzene rings is 1. The third-order valence-electron chi connectivity index (χ3n) is 7.26. The Morgan fingerprint density at radius 1 is 1.06 bits per heavy atom. The molecule has 4 rings (SSSR count). The SMILES string of the molecule is COc1cc(N)c(Cl)cc1C(=O)NC1CCN(CC2CCN(C(=O)NN3CCCC3)CC2)CC1. The molecule has 3 saturated heterocycles. The average molecular weight is 493 g/mol. The van der Waals surface area contributed by atoms with Gasteiger partial charge in [-0.15, -0.1) is 0 Å². The topological polar surface area (TPSA) is 103 Å². The fraction of sp³-hybridized carbons (Fsp3) is 0.667. The highest BCUT2D eigenvalue weighted by Crippen LogP contribution is 2.29. The third-order valence-corrected chi connectivity index (χ3v) is 7.59. The molecule has 0 aliphatic carbocycles. The van der Waals surface area contributed by atoms with E-state index in [1.54, 1.807) is 12.1 Å². The predicted octanol–water partition coefficient (Wildman–Crippen LogP) is 2.56. The van der Waals surface area contributed by atoms with Gasteiger partial charge in [-0.3, -0.25) is 10.2 Å². The number of carbonyl (C=O) groups is 2. The van der Waals surface area contributed by atoms with Gasteiger partial charge in [0.2, 0.25) is 0 Å². The Balaban J connectivity index is 1.17. The lowest BCUT2D eigenvalue weighted by Gasteiger charge is -2.38. The molecule has 9 nitrogen and oxygen atoms in total. The number of halogens is 1. The third kappa shape index (κ3) is 6.25. The van der Waals surface area contributed by atoms with E-state index >= 15 is 0 Å². The van der Waals surface area contributed by atoms with Crippen LogP contribution in [0.25, 0.3) is 0 Å². The summed E-state index contributed by atoms with van der Waals surface area (Å²) in [6.45, 7) is 6.54. The number of nitrogens with zero attached hydrogens (tertiary/aromatic N) is 3. The van der Waals surface area contributed by atoms with E-state index in [0.29, 0.717) is 27.9 Å². The van der Waals surface area contributed by atoms with Crippen molar-refractivity contribution in [3.63, 3.8) is 0 Å². The summed E-state index contributed by atoms with van der Waals surface area (Å²) in [5.41, 5.74) is 9.66. The minimum Gasteiger partial charge on any atom is -0.496 e. The molecular formula is C24H37ClN6O3. The van der Waals surface area contributed by atoms with E-state index in [-0.39, 0.29) is 18.0 Å². The molecule has 0 aromatic heterocycles. The molecule has 1 aromatic rings. The van der Waals surface area contributed by atoms with Crippen molar-refractivity contribution in [1.29, 1.82) is 0 Å². The minimum atomic E-state index is -0.184. The molecule has 3 aliphatic rings. The van der Waals surface area contributed by atoms with Crippen molar-refractivity contribution in [2.75, 3.05) is 58.7 Å². The monoisotopic (exact) mass is 492 g/mol. The number of nitrogens with two attached hydrogens (primary N) is 1. The summed E-state index contributed by atoms with van der Waals surface area (Å²) in [7, 11) is 1.52. The number of piperidine rings is 2. The number of rotatable bonds is 6. The van der Waals surface area contributed by atoms with E-state index in [1.807, 2.05) is 9.91 Å². The number of ether oxygens (including phenoxy) is 1. The first-order valence-electron chi connectivity index (χ1n) is 12.4. The van der Waals surface area contributed by atoms with Gasteiger partial charge in [-0.2, -0.15) is 0 Å². The standard InChI is InChI=1S/C24H37ClN6O3/c1-34-22-15-21(26)20(25)14-19(22)23(32)27-18-6-10-29(11-7-18)16-17-4-12-30(13-5-17)24(33)28-31-8-2-3-9-31/h14-15,17-18H,2-13,16,26H2,1H3,(H,27,32)(H,28,33). The van der Waals surface area contributed by atoms with Crippen molar-refractivity contribution in [3.8, 4) is 5.75 Å². The molecule has 0 atom stereocenters. The van der Waals surface area contributed by atoms with Crippen molar-refractivity contribution < 1.29 is 14.3 Å². The lowest BCUT2D eigenvalue weighted by atomic mass is 9.95. The van der Waals surface area contributed by atoms with E-state index in [0.717, 1.165) is 84.3 Å².